The highest BCUT2D eigenvalue weighted by molar-refractivity contribution is 5.82. The second kappa shape index (κ2) is 6.57. The Morgan fingerprint density at radius 2 is 2.00 bits per heavy atom. The Labute approximate surface area is 138 Å². The third-order valence-electron chi connectivity index (χ3n) is 3.99. The fourth-order valence-electron chi connectivity index (χ4n) is 2.51. The molecule has 2 rings (SSSR count). The Hall–Kier alpha value is -2.85. The number of alkyl halides is 3. The molecule has 0 saturated carbocycles. The monoisotopic (exact) mass is 362 g/mol. The fourth-order valence-corrected chi connectivity index (χ4v) is 2.51. The molecule has 1 fully saturated rings. The molecule has 1 amide bonds. The van der Waals surface area contributed by atoms with Crippen LogP contribution in [0.1, 0.15) is 6.42 Å². The maximum Gasteiger partial charge on any atom is 0.406 e. The number of nitro groups is 1. The van der Waals surface area contributed by atoms with Gasteiger partial charge in [0, 0.05) is 19.2 Å². The number of nitro benzene ring substituents is 1. The first-order valence-corrected chi connectivity index (χ1v) is 7.02. The lowest BCUT2D eigenvalue weighted by molar-refractivity contribution is -0.385. The molecule has 1 N–H and O–H groups in total. The van der Waals surface area contributed by atoms with E-state index in [1.807, 2.05) is 0 Å². The number of hydrogen-bond donors (Lipinski definition) is 1. The van der Waals surface area contributed by atoms with Crippen LogP contribution < -0.4 is 4.74 Å². The number of benzene rings is 1. The van der Waals surface area contributed by atoms with E-state index in [4.69, 9.17) is 9.84 Å². The van der Waals surface area contributed by atoms with Crippen molar-refractivity contribution < 1.29 is 37.5 Å². The van der Waals surface area contributed by atoms with Crippen LogP contribution in [0.5, 0.6) is 5.75 Å². The maximum atomic E-state index is 13.1. The van der Waals surface area contributed by atoms with E-state index in [0.717, 1.165) is 11.0 Å². The van der Waals surface area contributed by atoms with Gasteiger partial charge in [0.1, 0.15) is 0 Å². The van der Waals surface area contributed by atoms with Crippen molar-refractivity contribution in [1.29, 1.82) is 0 Å². The molecular formula is C14H13F3N2O6. The molecule has 1 atom stereocenters. The largest absolute Gasteiger partial charge is 0.481 e. The van der Waals surface area contributed by atoms with Gasteiger partial charge in [-0.25, -0.2) is 0 Å². The van der Waals surface area contributed by atoms with Gasteiger partial charge in [-0.3, -0.25) is 19.7 Å². The lowest BCUT2D eigenvalue weighted by Gasteiger charge is -2.27. The molecule has 0 aromatic heterocycles. The van der Waals surface area contributed by atoms with Gasteiger partial charge in [0.15, 0.2) is 17.8 Å². The van der Waals surface area contributed by atoms with Crippen LogP contribution >= 0.6 is 0 Å². The summed E-state index contributed by atoms with van der Waals surface area (Å²) in [5.41, 5.74) is -3.41. The summed E-state index contributed by atoms with van der Waals surface area (Å²) in [6, 6.07) is 5.21. The minimum atomic E-state index is -5.01. The predicted octanol–water partition coefficient (Wildman–Crippen LogP) is 1.84. The highest BCUT2D eigenvalue weighted by Crippen LogP contribution is 2.45. The van der Waals surface area contributed by atoms with E-state index in [1.54, 1.807) is 0 Å². The van der Waals surface area contributed by atoms with Gasteiger partial charge in [0.05, 0.1) is 4.92 Å². The first-order valence-electron chi connectivity index (χ1n) is 7.02. The number of hydrogen-bond acceptors (Lipinski definition) is 5. The van der Waals surface area contributed by atoms with Gasteiger partial charge in [0.2, 0.25) is 0 Å². The zero-order valence-electron chi connectivity index (χ0n) is 12.7. The zero-order chi connectivity index (χ0) is 18.8. The van der Waals surface area contributed by atoms with Gasteiger partial charge < -0.3 is 14.7 Å². The van der Waals surface area contributed by atoms with Crippen molar-refractivity contribution in [1.82, 2.24) is 4.90 Å². The molecule has 1 aromatic carbocycles. The van der Waals surface area contributed by atoms with Gasteiger partial charge in [0.25, 0.3) is 5.91 Å². The van der Waals surface area contributed by atoms with Crippen molar-refractivity contribution in [3.05, 3.63) is 34.4 Å². The average Bonchev–Trinajstić information content (AvgIpc) is 2.99. The summed E-state index contributed by atoms with van der Waals surface area (Å²) in [6.45, 7) is -2.16. The lowest BCUT2D eigenvalue weighted by atomic mass is 9.86. The molecule has 1 aromatic rings. The van der Waals surface area contributed by atoms with Crippen LogP contribution in [-0.4, -0.2) is 52.7 Å². The standard InChI is InChI=1S/C14H13F3N2O6/c15-14(16,17)13(12(21)22)5-6-18(8-13)11(20)7-25-10-4-2-1-3-9(10)19(23)24/h1-4H,5-8H2,(H,21,22). The molecule has 8 nitrogen and oxygen atoms in total. The first-order chi connectivity index (χ1) is 11.6. The summed E-state index contributed by atoms with van der Waals surface area (Å²) in [4.78, 5) is 33.9. The number of para-hydroxylation sites is 2. The quantitative estimate of drug-likeness (QED) is 0.632. The minimum absolute atomic E-state index is 0.208. The zero-order valence-corrected chi connectivity index (χ0v) is 12.7. The van der Waals surface area contributed by atoms with E-state index in [2.05, 4.69) is 0 Å². The molecule has 0 bridgehead atoms. The van der Waals surface area contributed by atoms with Crippen LogP contribution in [0.15, 0.2) is 24.3 Å². The minimum Gasteiger partial charge on any atom is -0.481 e. The normalized spacial score (nSPS) is 20.4. The molecule has 0 aliphatic carbocycles. The van der Waals surface area contributed by atoms with Gasteiger partial charge in [-0.05, 0) is 12.5 Å². The molecule has 1 unspecified atom stereocenters. The second-order valence-electron chi connectivity index (χ2n) is 5.46. The van der Waals surface area contributed by atoms with E-state index in [1.165, 1.54) is 18.2 Å². The lowest BCUT2D eigenvalue weighted by Crippen LogP contribution is -2.48. The van der Waals surface area contributed by atoms with Crippen LogP contribution in [0.2, 0.25) is 0 Å². The molecular weight excluding hydrogens is 349 g/mol. The molecule has 1 saturated heterocycles. The first kappa shape index (κ1) is 18.5. The second-order valence-corrected chi connectivity index (χ2v) is 5.46. The number of halogens is 3. The Morgan fingerprint density at radius 1 is 1.36 bits per heavy atom. The summed E-state index contributed by atoms with van der Waals surface area (Å²) < 4.78 is 44.2. The predicted molar refractivity (Wildman–Crippen MR) is 75.9 cm³/mol. The average molecular weight is 362 g/mol. The summed E-state index contributed by atoms with van der Waals surface area (Å²) in [5.74, 6) is -3.14. The van der Waals surface area contributed by atoms with Gasteiger partial charge >= 0.3 is 17.8 Å². The number of aliphatic carboxylic acids is 1. The molecule has 0 spiro atoms. The Balaban J connectivity index is 2.06. The van der Waals surface area contributed by atoms with Crippen molar-refractivity contribution in [3.63, 3.8) is 0 Å². The highest BCUT2D eigenvalue weighted by atomic mass is 19.4. The van der Waals surface area contributed by atoms with Crippen molar-refractivity contribution in [3.8, 4) is 5.75 Å². The molecule has 1 aliphatic rings. The summed E-state index contributed by atoms with van der Waals surface area (Å²) in [5, 5.41) is 19.8. The van der Waals surface area contributed by atoms with Gasteiger partial charge in [-0.1, -0.05) is 12.1 Å². The highest BCUT2D eigenvalue weighted by Gasteiger charge is 2.64. The Bertz CT molecular complexity index is 708. The summed E-state index contributed by atoms with van der Waals surface area (Å²) in [6.07, 6.45) is -5.77. The summed E-state index contributed by atoms with van der Waals surface area (Å²) in [7, 11) is 0. The number of amides is 1. The number of carbonyl (C=O) groups excluding carboxylic acids is 1. The summed E-state index contributed by atoms with van der Waals surface area (Å²) >= 11 is 0. The van der Waals surface area contributed by atoms with Crippen molar-refractivity contribution >= 4 is 17.6 Å². The molecule has 1 heterocycles. The third kappa shape index (κ3) is 3.49. The van der Waals surface area contributed by atoms with Crippen LogP contribution in [0.25, 0.3) is 0 Å². The fraction of sp³-hybridized carbons (Fsp3) is 0.429. The molecule has 0 radical (unpaired) electrons. The smallest absolute Gasteiger partial charge is 0.406 e. The SMILES string of the molecule is O=C(COc1ccccc1[N+](=O)[O-])N1CCC(C(=O)O)(C(F)(F)F)C1. The number of nitrogens with zero attached hydrogens (tertiary/aromatic N) is 2. The maximum absolute atomic E-state index is 13.1. The third-order valence-corrected chi connectivity index (χ3v) is 3.99. The molecule has 1 aliphatic heterocycles. The van der Waals surface area contributed by atoms with E-state index in [9.17, 15) is 32.9 Å². The van der Waals surface area contributed by atoms with Crippen molar-refractivity contribution in [2.24, 2.45) is 5.41 Å². The van der Waals surface area contributed by atoms with Crippen molar-refractivity contribution in [2.75, 3.05) is 19.7 Å². The van der Waals surface area contributed by atoms with Crippen LogP contribution in [0.4, 0.5) is 18.9 Å². The van der Waals surface area contributed by atoms with Gasteiger partial charge in [-0.2, -0.15) is 13.2 Å². The number of carboxylic acid groups (broad SMARTS) is 1. The topological polar surface area (TPSA) is 110 Å². The Kier molecular flexibility index (Phi) is 4.86. The van der Waals surface area contributed by atoms with E-state index >= 15 is 0 Å². The van der Waals surface area contributed by atoms with E-state index in [0.29, 0.717) is 0 Å². The number of carbonyl (C=O) groups is 2. The van der Waals surface area contributed by atoms with Crippen LogP contribution in [0.3, 0.4) is 0 Å². The number of ether oxygens (including phenoxy) is 1. The van der Waals surface area contributed by atoms with E-state index in [-0.39, 0.29) is 5.75 Å². The molecule has 25 heavy (non-hydrogen) atoms. The number of carboxylic acids is 1. The Morgan fingerprint density at radius 3 is 2.52 bits per heavy atom. The van der Waals surface area contributed by atoms with Crippen LogP contribution in [0, 0.1) is 15.5 Å². The molecule has 136 valence electrons. The molecule has 11 heteroatoms. The van der Waals surface area contributed by atoms with Gasteiger partial charge in [-0.15, -0.1) is 0 Å². The number of rotatable bonds is 5. The van der Waals surface area contributed by atoms with Crippen molar-refractivity contribution in [2.45, 2.75) is 12.6 Å². The number of likely N-dealkylation sites (tertiary alicyclic amines) is 1. The van der Waals surface area contributed by atoms with E-state index < -0.39 is 60.2 Å². The van der Waals surface area contributed by atoms with Crippen LogP contribution in [-0.2, 0) is 9.59 Å².